The third-order valence-electron chi connectivity index (χ3n) is 4.62. The van der Waals surface area contributed by atoms with Crippen LogP contribution in [0.3, 0.4) is 0 Å². The minimum Gasteiger partial charge on any atom is -0.471 e. The van der Waals surface area contributed by atoms with Gasteiger partial charge in [-0.25, -0.2) is 13.8 Å². The number of amides is 2. The third-order valence-corrected chi connectivity index (χ3v) is 4.62. The number of pyridine rings is 1. The normalized spacial score (nSPS) is 13.4. The average molecular weight is 389 g/mol. The lowest BCUT2D eigenvalue weighted by Crippen LogP contribution is -2.26. The Balaban J connectivity index is 1.73. The molecule has 0 aliphatic carbocycles. The fraction of sp³-hybridized carbons (Fsp3) is 0.350. The van der Waals surface area contributed by atoms with E-state index in [1.807, 2.05) is 0 Å². The summed E-state index contributed by atoms with van der Waals surface area (Å²) in [5.74, 6) is -3.53. The molecule has 2 amide bonds. The molecule has 0 spiro atoms. The molecule has 1 aromatic heterocycles. The van der Waals surface area contributed by atoms with Gasteiger partial charge >= 0.3 is 0 Å². The molecule has 1 aliphatic heterocycles. The molecule has 2 heterocycles. The molecule has 148 valence electrons. The average Bonchev–Trinajstić information content (AvgIpc) is 3.02. The van der Waals surface area contributed by atoms with Crippen molar-refractivity contribution in [3.8, 4) is 5.88 Å². The first-order valence-corrected chi connectivity index (χ1v) is 8.93. The topological polar surface area (TPSA) is 71.5 Å². The highest BCUT2D eigenvalue weighted by Gasteiger charge is 2.34. The second-order valence-electron chi connectivity index (χ2n) is 6.59. The molecule has 1 N–H and O–H groups in total. The summed E-state index contributed by atoms with van der Waals surface area (Å²) < 4.78 is 32.2. The number of fused-ring (bicyclic) bond motifs is 1. The lowest BCUT2D eigenvalue weighted by Gasteiger charge is -2.17. The number of rotatable bonds is 7. The van der Waals surface area contributed by atoms with Gasteiger partial charge in [0.05, 0.1) is 0 Å². The molecular formula is C20H21F2N3O3. The van der Waals surface area contributed by atoms with Crippen molar-refractivity contribution < 1.29 is 23.1 Å². The van der Waals surface area contributed by atoms with Crippen LogP contribution in [0.1, 0.15) is 45.2 Å². The van der Waals surface area contributed by atoms with Gasteiger partial charge in [-0.05, 0) is 29.3 Å². The summed E-state index contributed by atoms with van der Waals surface area (Å²) in [4.78, 5) is 30.0. The van der Waals surface area contributed by atoms with Crippen LogP contribution in [-0.4, -0.2) is 41.3 Å². The molecule has 1 aromatic carbocycles. The number of benzene rings is 1. The van der Waals surface area contributed by atoms with Crippen molar-refractivity contribution in [2.45, 2.75) is 32.4 Å². The van der Waals surface area contributed by atoms with Gasteiger partial charge in [0.15, 0.2) is 6.61 Å². The summed E-state index contributed by atoms with van der Waals surface area (Å²) >= 11 is 0. The van der Waals surface area contributed by atoms with Crippen LogP contribution in [0, 0.1) is 0 Å². The van der Waals surface area contributed by atoms with Crippen LogP contribution in [0.2, 0.25) is 0 Å². The van der Waals surface area contributed by atoms with Crippen molar-refractivity contribution in [2.75, 3.05) is 13.7 Å². The fourth-order valence-corrected chi connectivity index (χ4v) is 2.92. The summed E-state index contributed by atoms with van der Waals surface area (Å²) in [6, 6.07) is 8.61. The lowest BCUT2D eigenvalue weighted by molar-refractivity contribution is -0.0449. The van der Waals surface area contributed by atoms with Crippen molar-refractivity contribution in [1.82, 2.24) is 15.2 Å². The maximum atomic E-state index is 13.5. The third kappa shape index (κ3) is 4.11. The summed E-state index contributed by atoms with van der Waals surface area (Å²) in [6.07, 6.45) is 1.10. The van der Waals surface area contributed by atoms with Gasteiger partial charge in [0, 0.05) is 38.3 Å². The summed E-state index contributed by atoms with van der Waals surface area (Å²) in [6.45, 7) is 1.22. The van der Waals surface area contributed by atoms with Gasteiger partial charge in [0.25, 0.3) is 17.7 Å². The molecule has 6 nitrogen and oxygen atoms in total. The smallest absolute Gasteiger partial charge is 0.281 e. The second-order valence-corrected chi connectivity index (χ2v) is 6.59. The van der Waals surface area contributed by atoms with Crippen LogP contribution >= 0.6 is 0 Å². The fourth-order valence-electron chi connectivity index (χ4n) is 2.92. The van der Waals surface area contributed by atoms with E-state index in [1.54, 1.807) is 42.3 Å². The standard InChI is InChI=1S/C20H21F2N3O3/c1-3-20(21,22)12-28-18-16-15(8-9-24-18)11-25(19(16)27)10-13-4-6-14(7-5-13)17(26)23-2/h4-9H,3,10-12H2,1-2H3,(H,23,26). The quantitative estimate of drug-likeness (QED) is 0.790. The van der Waals surface area contributed by atoms with Gasteiger partial charge in [0.2, 0.25) is 5.88 Å². The van der Waals surface area contributed by atoms with Crippen LogP contribution in [0.25, 0.3) is 0 Å². The number of hydrogen-bond donors (Lipinski definition) is 1. The molecule has 0 unspecified atom stereocenters. The number of halogens is 2. The van der Waals surface area contributed by atoms with Crippen molar-refractivity contribution in [2.24, 2.45) is 0 Å². The molecule has 2 aromatic rings. The van der Waals surface area contributed by atoms with Crippen molar-refractivity contribution in [3.63, 3.8) is 0 Å². The zero-order valence-electron chi connectivity index (χ0n) is 15.7. The van der Waals surface area contributed by atoms with Gasteiger partial charge in [-0.2, -0.15) is 0 Å². The molecule has 0 radical (unpaired) electrons. The zero-order valence-corrected chi connectivity index (χ0v) is 15.7. The van der Waals surface area contributed by atoms with Crippen molar-refractivity contribution in [3.05, 3.63) is 58.8 Å². The maximum absolute atomic E-state index is 13.5. The first-order valence-electron chi connectivity index (χ1n) is 8.93. The molecule has 3 rings (SSSR count). The highest BCUT2D eigenvalue weighted by Crippen LogP contribution is 2.31. The van der Waals surface area contributed by atoms with Gasteiger partial charge in [0.1, 0.15) is 5.56 Å². The van der Waals surface area contributed by atoms with E-state index < -0.39 is 12.5 Å². The van der Waals surface area contributed by atoms with E-state index in [0.717, 1.165) is 5.56 Å². The predicted octanol–water partition coefficient (Wildman–Crippen LogP) is 3.02. The molecule has 0 fully saturated rings. The number of aromatic nitrogens is 1. The van der Waals surface area contributed by atoms with Gasteiger partial charge in [-0.15, -0.1) is 0 Å². The Kier molecular flexibility index (Phi) is 5.58. The number of ether oxygens (including phenoxy) is 1. The van der Waals surface area contributed by atoms with Crippen LogP contribution in [0.5, 0.6) is 5.88 Å². The minimum atomic E-state index is -2.97. The first-order chi connectivity index (χ1) is 13.3. The second kappa shape index (κ2) is 7.92. The summed E-state index contributed by atoms with van der Waals surface area (Å²) in [5.41, 5.74) is 2.30. The molecule has 8 heteroatoms. The largest absolute Gasteiger partial charge is 0.471 e. The van der Waals surface area contributed by atoms with Gasteiger partial charge in [-0.3, -0.25) is 9.59 Å². The summed E-state index contributed by atoms with van der Waals surface area (Å²) in [7, 11) is 1.56. The van der Waals surface area contributed by atoms with Gasteiger partial charge < -0.3 is 15.0 Å². The van der Waals surface area contributed by atoms with Gasteiger partial charge in [-0.1, -0.05) is 19.1 Å². The molecule has 1 aliphatic rings. The number of alkyl halides is 2. The van der Waals surface area contributed by atoms with E-state index in [-0.39, 0.29) is 29.7 Å². The lowest BCUT2D eigenvalue weighted by atomic mass is 10.1. The van der Waals surface area contributed by atoms with Crippen LogP contribution in [0.4, 0.5) is 8.78 Å². The monoisotopic (exact) mass is 389 g/mol. The van der Waals surface area contributed by atoms with Crippen LogP contribution in [-0.2, 0) is 13.1 Å². The van der Waals surface area contributed by atoms with E-state index in [0.29, 0.717) is 24.2 Å². The van der Waals surface area contributed by atoms with Crippen molar-refractivity contribution >= 4 is 11.8 Å². The molecule has 0 saturated heterocycles. The van der Waals surface area contributed by atoms with Crippen molar-refractivity contribution in [1.29, 1.82) is 0 Å². The number of nitrogens with zero attached hydrogens (tertiary/aromatic N) is 2. The zero-order chi connectivity index (χ0) is 20.3. The molecule has 0 atom stereocenters. The molecule has 0 saturated carbocycles. The Labute approximate surface area is 161 Å². The highest BCUT2D eigenvalue weighted by molar-refractivity contribution is 6.00. The minimum absolute atomic E-state index is 0.0620. The van der Waals surface area contributed by atoms with E-state index in [9.17, 15) is 18.4 Å². The first kappa shape index (κ1) is 19.7. The van der Waals surface area contributed by atoms with Crippen LogP contribution < -0.4 is 10.1 Å². The van der Waals surface area contributed by atoms with E-state index in [4.69, 9.17) is 4.74 Å². The Morgan fingerprint density at radius 2 is 2.00 bits per heavy atom. The Morgan fingerprint density at radius 1 is 1.29 bits per heavy atom. The number of carbonyl (C=O) groups is 2. The van der Waals surface area contributed by atoms with E-state index in [1.165, 1.54) is 13.1 Å². The Bertz CT molecular complexity index is 885. The summed E-state index contributed by atoms with van der Waals surface area (Å²) in [5, 5.41) is 2.55. The Hall–Kier alpha value is -3.03. The number of carbonyl (C=O) groups excluding carboxylic acids is 2. The van der Waals surface area contributed by atoms with E-state index >= 15 is 0 Å². The van der Waals surface area contributed by atoms with Crippen LogP contribution in [0.15, 0.2) is 36.5 Å². The van der Waals surface area contributed by atoms with E-state index in [2.05, 4.69) is 10.3 Å². The maximum Gasteiger partial charge on any atom is 0.281 e. The molecule has 0 bridgehead atoms. The number of hydrogen-bond acceptors (Lipinski definition) is 4. The molecule has 28 heavy (non-hydrogen) atoms. The highest BCUT2D eigenvalue weighted by atomic mass is 19.3. The molecular weight excluding hydrogens is 368 g/mol. The SMILES string of the molecule is CCC(F)(F)COc1nccc2c1C(=O)N(Cc1ccc(C(=O)NC)cc1)C2. The number of nitrogens with one attached hydrogen (secondary N) is 1. The predicted molar refractivity (Wildman–Crippen MR) is 98.4 cm³/mol. The Morgan fingerprint density at radius 3 is 2.64 bits per heavy atom.